The predicted octanol–water partition coefficient (Wildman–Crippen LogP) is 1.31. The highest BCUT2D eigenvalue weighted by molar-refractivity contribution is 5.96. The van der Waals surface area contributed by atoms with Crippen LogP contribution in [0.3, 0.4) is 0 Å². The molecule has 0 saturated heterocycles. The molecule has 116 valence electrons. The van der Waals surface area contributed by atoms with Gasteiger partial charge in [-0.25, -0.2) is 0 Å². The summed E-state index contributed by atoms with van der Waals surface area (Å²) < 4.78 is 4.86. The molecule has 0 aliphatic carbocycles. The van der Waals surface area contributed by atoms with Gasteiger partial charge in [-0.05, 0) is 37.1 Å². The zero-order valence-electron chi connectivity index (χ0n) is 12.2. The number of unbranched alkanes of at least 4 members (excludes halogenated alkanes) is 2. The number of nitrogens with two attached hydrogens (primary N) is 1. The van der Waals surface area contributed by atoms with Crippen LogP contribution >= 0.6 is 0 Å². The number of benzene rings is 1. The van der Waals surface area contributed by atoms with E-state index in [4.69, 9.17) is 10.5 Å². The third kappa shape index (κ3) is 6.27. The van der Waals surface area contributed by atoms with Gasteiger partial charge in [0.1, 0.15) is 12.4 Å². The molecule has 21 heavy (non-hydrogen) atoms. The van der Waals surface area contributed by atoms with Gasteiger partial charge in [0, 0.05) is 13.5 Å². The third-order valence-electron chi connectivity index (χ3n) is 2.91. The average molecular weight is 294 g/mol. The highest BCUT2D eigenvalue weighted by atomic mass is 16.5. The quantitative estimate of drug-likeness (QED) is 0.495. The SMILES string of the molecule is CC(=O)OCc1ccc(O)c(C(=O)NCCCCCN)c1. The Morgan fingerprint density at radius 1 is 1.29 bits per heavy atom. The lowest BCUT2D eigenvalue weighted by Gasteiger charge is -2.09. The van der Waals surface area contributed by atoms with Crippen molar-refractivity contribution < 1.29 is 19.4 Å². The Morgan fingerprint density at radius 3 is 2.71 bits per heavy atom. The van der Waals surface area contributed by atoms with Crippen LogP contribution in [0.1, 0.15) is 42.1 Å². The van der Waals surface area contributed by atoms with Crippen molar-refractivity contribution in [3.8, 4) is 5.75 Å². The number of hydrogen-bond acceptors (Lipinski definition) is 5. The van der Waals surface area contributed by atoms with Crippen molar-refractivity contribution >= 4 is 11.9 Å². The fourth-order valence-corrected chi connectivity index (χ4v) is 1.78. The van der Waals surface area contributed by atoms with Crippen LogP contribution in [0.2, 0.25) is 0 Å². The molecule has 0 radical (unpaired) electrons. The van der Waals surface area contributed by atoms with Crippen LogP contribution in [0, 0.1) is 0 Å². The summed E-state index contributed by atoms with van der Waals surface area (Å²) in [7, 11) is 0. The summed E-state index contributed by atoms with van der Waals surface area (Å²) in [5.74, 6) is -0.833. The van der Waals surface area contributed by atoms with Gasteiger partial charge in [0.15, 0.2) is 0 Å². The third-order valence-corrected chi connectivity index (χ3v) is 2.91. The lowest BCUT2D eigenvalue weighted by molar-refractivity contribution is -0.142. The van der Waals surface area contributed by atoms with Gasteiger partial charge in [-0.3, -0.25) is 9.59 Å². The van der Waals surface area contributed by atoms with E-state index in [0.29, 0.717) is 18.7 Å². The first-order valence-electron chi connectivity index (χ1n) is 6.98. The van der Waals surface area contributed by atoms with Crippen molar-refractivity contribution in [1.29, 1.82) is 0 Å². The Kier molecular flexibility index (Phi) is 7.25. The van der Waals surface area contributed by atoms with E-state index >= 15 is 0 Å². The van der Waals surface area contributed by atoms with Crippen LogP contribution in [0.4, 0.5) is 0 Å². The summed E-state index contributed by atoms with van der Waals surface area (Å²) in [4.78, 5) is 22.8. The van der Waals surface area contributed by atoms with E-state index in [1.165, 1.54) is 19.1 Å². The van der Waals surface area contributed by atoms with Crippen molar-refractivity contribution in [1.82, 2.24) is 5.32 Å². The molecule has 1 rings (SSSR count). The highest BCUT2D eigenvalue weighted by Crippen LogP contribution is 2.19. The van der Waals surface area contributed by atoms with E-state index in [0.717, 1.165) is 19.3 Å². The van der Waals surface area contributed by atoms with Gasteiger partial charge in [0.25, 0.3) is 5.91 Å². The fourth-order valence-electron chi connectivity index (χ4n) is 1.78. The second-order valence-corrected chi connectivity index (χ2v) is 4.74. The Labute approximate surface area is 124 Å². The maximum Gasteiger partial charge on any atom is 0.302 e. The molecule has 0 aliphatic heterocycles. The molecule has 0 aliphatic rings. The van der Waals surface area contributed by atoms with E-state index in [2.05, 4.69) is 5.32 Å². The van der Waals surface area contributed by atoms with Gasteiger partial charge in [0.05, 0.1) is 5.56 Å². The molecule has 1 aromatic rings. The van der Waals surface area contributed by atoms with Gasteiger partial charge in [-0.15, -0.1) is 0 Å². The van der Waals surface area contributed by atoms with Crippen LogP contribution in [0.15, 0.2) is 18.2 Å². The van der Waals surface area contributed by atoms with Crippen molar-refractivity contribution in [2.45, 2.75) is 32.8 Å². The lowest BCUT2D eigenvalue weighted by atomic mass is 10.1. The molecule has 0 unspecified atom stereocenters. The number of carbonyl (C=O) groups is 2. The minimum atomic E-state index is -0.394. The molecule has 1 aromatic carbocycles. The van der Waals surface area contributed by atoms with Crippen LogP contribution in [0.5, 0.6) is 5.75 Å². The first-order valence-corrected chi connectivity index (χ1v) is 6.98. The number of hydrogen-bond donors (Lipinski definition) is 3. The van der Waals surface area contributed by atoms with E-state index in [1.54, 1.807) is 6.07 Å². The zero-order valence-corrected chi connectivity index (χ0v) is 12.2. The molecule has 1 amide bonds. The summed E-state index contributed by atoms with van der Waals surface area (Å²) in [5.41, 5.74) is 6.22. The van der Waals surface area contributed by atoms with Gasteiger partial charge < -0.3 is 20.9 Å². The number of aromatic hydroxyl groups is 1. The second kappa shape index (κ2) is 8.97. The van der Waals surface area contributed by atoms with Gasteiger partial charge in [0.2, 0.25) is 0 Å². The minimum absolute atomic E-state index is 0.0758. The second-order valence-electron chi connectivity index (χ2n) is 4.74. The number of carbonyl (C=O) groups excluding carboxylic acids is 2. The number of esters is 1. The van der Waals surface area contributed by atoms with E-state index < -0.39 is 5.97 Å². The van der Waals surface area contributed by atoms with Crippen LogP contribution in [-0.4, -0.2) is 30.1 Å². The van der Waals surface area contributed by atoms with Crippen molar-refractivity contribution in [2.24, 2.45) is 5.73 Å². The lowest BCUT2D eigenvalue weighted by Crippen LogP contribution is -2.24. The van der Waals surface area contributed by atoms with Crippen LogP contribution in [-0.2, 0) is 16.1 Å². The highest BCUT2D eigenvalue weighted by Gasteiger charge is 2.12. The molecule has 0 aromatic heterocycles. The molecule has 6 heteroatoms. The zero-order chi connectivity index (χ0) is 15.7. The molecular weight excluding hydrogens is 272 g/mol. The number of phenolic OH excluding ortho intramolecular Hbond substituents is 1. The molecular formula is C15H22N2O4. The first-order chi connectivity index (χ1) is 10.0. The number of ether oxygens (including phenoxy) is 1. The van der Waals surface area contributed by atoms with Crippen LogP contribution < -0.4 is 11.1 Å². The Hall–Kier alpha value is -2.08. The minimum Gasteiger partial charge on any atom is -0.507 e. The summed E-state index contributed by atoms with van der Waals surface area (Å²) in [6, 6.07) is 4.55. The van der Waals surface area contributed by atoms with E-state index in [9.17, 15) is 14.7 Å². The molecule has 0 atom stereocenters. The molecule has 0 bridgehead atoms. The molecule has 4 N–H and O–H groups in total. The number of rotatable bonds is 8. The number of nitrogens with one attached hydrogen (secondary N) is 1. The summed E-state index contributed by atoms with van der Waals surface area (Å²) in [6.45, 7) is 2.57. The standard InChI is InChI=1S/C15H22N2O4/c1-11(18)21-10-12-5-6-14(19)13(9-12)15(20)17-8-4-2-3-7-16/h5-6,9,19H,2-4,7-8,10,16H2,1H3,(H,17,20). The van der Waals surface area contributed by atoms with Crippen molar-refractivity contribution in [2.75, 3.05) is 13.1 Å². The van der Waals surface area contributed by atoms with Gasteiger partial charge in [-0.2, -0.15) is 0 Å². The van der Waals surface area contributed by atoms with E-state index in [-0.39, 0.29) is 23.8 Å². The van der Waals surface area contributed by atoms with Crippen molar-refractivity contribution in [3.05, 3.63) is 29.3 Å². The normalized spacial score (nSPS) is 10.2. The summed E-state index contributed by atoms with van der Waals surface area (Å²) in [5, 5.41) is 12.5. The largest absolute Gasteiger partial charge is 0.507 e. The van der Waals surface area contributed by atoms with Crippen LogP contribution in [0.25, 0.3) is 0 Å². The fraction of sp³-hybridized carbons (Fsp3) is 0.467. The smallest absolute Gasteiger partial charge is 0.302 e. The summed E-state index contributed by atoms with van der Waals surface area (Å²) >= 11 is 0. The van der Waals surface area contributed by atoms with Gasteiger partial charge >= 0.3 is 5.97 Å². The molecule has 0 spiro atoms. The van der Waals surface area contributed by atoms with Crippen molar-refractivity contribution in [3.63, 3.8) is 0 Å². The van der Waals surface area contributed by atoms with Gasteiger partial charge in [-0.1, -0.05) is 12.5 Å². The first kappa shape index (κ1) is 17.0. The molecule has 0 heterocycles. The molecule has 6 nitrogen and oxygen atoms in total. The molecule has 0 saturated carbocycles. The Balaban J connectivity index is 2.57. The monoisotopic (exact) mass is 294 g/mol. The predicted molar refractivity (Wildman–Crippen MR) is 78.8 cm³/mol. The number of amides is 1. The molecule has 0 fully saturated rings. The number of phenols is 1. The topological polar surface area (TPSA) is 102 Å². The maximum absolute atomic E-state index is 12.0. The Bertz CT molecular complexity index is 489. The van der Waals surface area contributed by atoms with E-state index in [1.807, 2.05) is 0 Å². The Morgan fingerprint density at radius 2 is 2.05 bits per heavy atom. The summed E-state index contributed by atoms with van der Waals surface area (Å²) in [6.07, 6.45) is 2.73. The maximum atomic E-state index is 12.0. The average Bonchev–Trinajstić information content (AvgIpc) is 2.45.